The van der Waals surface area contributed by atoms with Crippen molar-refractivity contribution < 1.29 is 19.0 Å². The van der Waals surface area contributed by atoms with E-state index in [9.17, 15) is 4.79 Å². The molecule has 5 nitrogen and oxygen atoms in total. The van der Waals surface area contributed by atoms with Gasteiger partial charge in [-0.05, 0) is 54.7 Å². The highest BCUT2D eigenvalue weighted by molar-refractivity contribution is 6.30. The number of hydrogen-bond donors (Lipinski definition) is 1. The lowest BCUT2D eigenvalue weighted by Gasteiger charge is -2.36. The first-order valence-corrected chi connectivity index (χ1v) is 9.56. The van der Waals surface area contributed by atoms with E-state index >= 15 is 0 Å². The van der Waals surface area contributed by atoms with Crippen molar-refractivity contribution in [2.75, 3.05) is 26.6 Å². The summed E-state index contributed by atoms with van der Waals surface area (Å²) >= 11 is 6.18. The Bertz CT molecular complexity index is 833. The molecule has 1 fully saturated rings. The molecule has 4 rings (SSSR count). The van der Waals surface area contributed by atoms with Crippen LogP contribution in [0.2, 0.25) is 5.02 Å². The lowest BCUT2D eigenvalue weighted by molar-refractivity contribution is -0.130. The zero-order valence-electron chi connectivity index (χ0n) is 15.0. The Labute approximate surface area is 163 Å². The van der Waals surface area contributed by atoms with Crippen molar-refractivity contribution in [3.8, 4) is 11.5 Å². The molecular weight excluding hydrogens is 366 g/mol. The SMILES string of the molecule is O=C(NCCc1ccc2c(c1)OCO2)C1(c2cccc(Cl)c2)CCOCC1. The summed E-state index contributed by atoms with van der Waals surface area (Å²) in [7, 11) is 0. The van der Waals surface area contributed by atoms with Crippen molar-refractivity contribution in [1.29, 1.82) is 0 Å². The molecule has 1 N–H and O–H groups in total. The molecule has 0 radical (unpaired) electrons. The number of rotatable bonds is 5. The monoisotopic (exact) mass is 387 g/mol. The molecule has 0 aromatic heterocycles. The summed E-state index contributed by atoms with van der Waals surface area (Å²) < 4.78 is 16.2. The van der Waals surface area contributed by atoms with Crippen LogP contribution in [0.5, 0.6) is 11.5 Å². The molecule has 2 heterocycles. The normalized spacial score (nSPS) is 17.5. The van der Waals surface area contributed by atoms with E-state index in [0.29, 0.717) is 37.6 Å². The summed E-state index contributed by atoms with van der Waals surface area (Å²) in [6.07, 6.45) is 2.04. The summed E-state index contributed by atoms with van der Waals surface area (Å²) in [5.41, 5.74) is 1.47. The second kappa shape index (κ2) is 7.79. The second-order valence-electron chi connectivity index (χ2n) is 6.90. The lowest BCUT2D eigenvalue weighted by atomic mass is 9.73. The number of carbonyl (C=O) groups excluding carboxylic acids is 1. The van der Waals surface area contributed by atoms with E-state index in [1.165, 1.54) is 0 Å². The number of benzene rings is 2. The molecule has 0 saturated carbocycles. The smallest absolute Gasteiger partial charge is 0.231 e. The molecule has 1 amide bonds. The van der Waals surface area contributed by atoms with Crippen LogP contribution in [0.25, 0.3) is 0 Å². The van der Waals surface area contributed by atoms with Crippen LogP contribution in [0.4, 0.5) is 0 Å². The van der Waals surface area contributed by atoms with E-state index in [1.807, 2.05) is 42.5 Å². The number of carbonyl (C=O) groups is 1. The molecule has 1 saturated heterocycles. The van der Waals surface area contributed by atoms with E-state index < -0.39 is 5.41 Å². The van der Waals surface area contributed by atoms with E-state index in [-0.39, 0.29) is 12.7 Å². The highest BCUT2D eigenvalue weighted by atomic mass is 35.5. The van der Waals surface area contributed by atoms with E-state index in [1.54, 1.807) is 0 Å². The zero-order chi connectivity index (χ0) is 18.7. The van der Waals surface area contributed by atoms with Crippen molar-refractivity contribution in [2.24, 2.45) is 0 Å². The van der Waals surface area contributed by atoms with Crippen molar-refractivity contribution in [3.63, 3.8) is 0 Å². The zero-order valence-corrected chi connectivity index (χ0v) is 15.8. The molecule has 27 heavy (non-hydrogen) atoms. The van der Waals surface area contributed by atoms with Gasteiger partial charge >= 0.3 is 0 Å². The van der Waals surface area contributed by atoms with Crippen LogP contribution >= 0.6 is 11.6 Å². The third-order valence-electron chi connectivity index (χ3n) is 5.29. The average Bonchev–Trinajstić information content (AvgIpc) is 3.16. The molecule has 142 valence electrons. The van der Waals surface area contributed by atoms with Gasteiger partial charge in [-0.3, -0.25) is 4.79 Å². The average molecular weight is 388 g/mol. The Morgan fingerprint density at radius 2 is 1.89 bits per heavy atom. The highest BCUT2D eigenvalue weighted by Gasteiger charge is 2.41. The quantitative estimate of drug-likeness (QED) is 0.853. The van der Waals surface area contributed by atoms with Crippen LogP contribution in [-0.2, 0) is 21.4 Å². The largest absolute Gasteiger partial charge is 0.454 e. The van der Waals surface area contributed by atoms with Gasteiger partial charge in [0.25, 0.3) is 0 Å². The van der Waals surface area contributed by atoms with Crippen molar-refractivity contribution in [1.82, 2.24) is 5.32 Å². The molecule has 0 atom stereocenters. The van der Waals surface area contributed by atoms with Crippen LogP contribution in [0.15, 0.2) is 42.5 Å². The minimum absolute atomic E-state index is 0.0359. The number of hydrogen-bond acceptors (Lipinski definition) is 4. The van der Waals surface area contributed by atoms with Crippen LogP contribution in [-0.4, -0.2) is 32.5 Å². The number of halogens is 1. The Morgan fingerprint density at radius 1 is 1.07 bits per heavy atom. The molecule has 2 aliphatic rings. The fourth-order valence-corrected chi connectivity index (χ4v) is 3.93. The van der Waals surface area contributed by atoms with Gasteiger partial charge in [-0.1, -0.05) is 29.8 Å². The molecule has 2 aromatic carbocycles. The summed E-state index contributed by atoms with van der Waals surface area (Å²) in [5, 5.41) is 3.76. The number of nitrogens with one attached hydrogen (secondary N) is 1. The number of amides is 1. The van der Waals surface area contributed by atoms with Crippen molar-refractivity contribution in [3.05, 3.63) is 58.6 Å². The molecule has 2 aliphatic heterocycles. The fourth-order valence-electron chi connectivity index (χ4n) is 3.74. The van der Waals surface area contributed by atoms with Gasteiger partial charge in [0.15, 0.2) is 11.5 Å². The molecule has 0 spiro atoms. The second-order valence-corrected chi connectivity index (χ2v) is 7.33. The summed E-state index contributed by atoms with van der Waals surface area (Å²) in [5.74, 6) is 1.57. The van der Waals surface area contributed by atoms with Crippen LogP contribution in [0.1, 0.15) is 24.0 Å². The standard InChI is InChI=1S/C21H22ClNO4/c22-17-3-1-2-16(13-17)21(7-10-25-11-8-21)20(24)23-9-6-15-4-5-18-19(12-15)27-14-26-18/h1-5,12-13H,6-11,14H2,(H,23,24). The molecular formula is C21H22ClNO4. The Hall–Kier alpha value is -2.24. The van der Waals surface area contributed by atoms with Gasteiger partial charge in [-0.15, -0.1) is 0 Å². The maximum Gasteiger partial charge on any atom is 0.231 e. The molecule has 0 aliphatic carbocycles. The van der Waals surface area contributed by atoms with E-state index in [4.69, 9.17) is 25.8 Å². The number of ether oxygens (including phenoxy) is 3. The minimum Gasteiger partial charge on any atom is -0.454 e. The van der Waals surface area contributed by atoms with Gasteiger partial charge < -0.3 is 19.5 Å². The first kappa shape index (κ1) is 18.1. The number of fused-ring (bicyclic) bond motifs is 1. The van der Waals surface area contributed by atoms with Crippen LogP contribution in [0, 0.1) is 0 Å². The van der Waals surface area contributed by atoms with Crippen molar-refractivity contribution in [2.45, 2.75) is 24.7 Å². The molecule has 0 unspecified atom stereocenters. The van der Waals surface area contributed by atoms with Gasteiger partial charge in [0.2, 0.25) is 12.7 Å². The molecule has 2 aromatic rings. The van der Waals surface area contributed by atoms with Crippen LogP contribution in [0.3, 0.4) is 0 Å². The summed E-state index contributed by atoms with van der Waals surface area (Å²) in [4.78, 5) is 13.2. The predicted octanol–water partition coefficient (Wildman–Crippen LogP) is 3.48. The Balaban J connectivity index is 1.44. The van der Waals surface area contributed by atoms with Crippen LogP contribution < -0.4 is 14.8 Å². The maximum absolute atomic E-state index is 13.2. The topological polar surface area (TPSA) is 56.8 Å². The third-order valence-corrected chi connectivity index (χ3v) is 5.53. The van der Waals surface area contributed by atoms with E-state index in [0.717, 1.165) is 29.0 Å². The van der Waals surface area contributed by atoms with E-state index in [2.05, 4.69) is 5.32 Å². The third kappa shape index (κ3) is 3.75. The lowest BCUT2D eigenvalue weighted by Crippen LogP contribution is -2.48. The van der Waals surface area contributed by atoms with Gasteiger partial charge in [0, 0.05) is 24.8 Å². The first-order valence-electron chi connectivity index (χ1n) is 9.18. The maximum atomic E-state index is 13.2. The van der Waals surface area contributed by atoms with Gasteiger partial charge in [-0.25, -0.2) is 0 Å². The summed E-state index contributed by atoms with van der Waals surface area (Å²) in [6.45, 7) is 1.96. The first-order chi connectivity index (χ1) is 13.2. The highest BCUT2D eigenvalue weighted by Crippen LogP contribution is 2.36. The van der Waals surface area contributed by atoms with Gasteiger partial charge in [0.1, 0.15) is 0 Å². The van der Waals surface area contributed by atoms with Crippen molar-refractivity contribution >= 4 is 17.5 Å². The predicted molar refractivity (Wildman–Crippen MR) is 102 cm³/mol. The molecule has 0 bridgehead atoms. The van der Waals surface area contributed by atoms with Gasteiger partial charge in [0.05, 0.1) is 5.41 Å². The Morgan fingerprint density at radius 3 is 2.70 bits per heavy atom. The fraction of sp³-hybridized carbons (Fsp3) is 0.381. The van der Waals surface area contributed by atoms with Gasteiger partial charge in [-0.2, -0.15) is 0 Å². The molecule has 6 heteroatoms. The summed E-state index contributed by atoms with van der Waals surface area (Å²) in [6, 6.07) is 13.5. The Kier molecular flexibility index (Phi) is 5.23. The minimum atomic E-state index is -0.585.